The smallest absolute Gasteiger partial charge is 0.339 e. The van der Waals surface area contributed by atoms with Gasteiger partial charge in [-0.1, -0.05) is 12.1 Å². The third-order valence-corrected chi connectivity index (χ3v) is 3.47. The van der Waals surface area contributed by atoms with E-state index in [-0.39, 0.29) is 12.0 Å². The van der Waals surface area contributed by atoms with Crippen molar-refractivity contribution in [3.8, 4) is 0 Å². The Kier molecular flexibility index (Phi) is 4.74. The molecule has 20 heavy (non-hydrogen) atoms. The lowest BCUT2D eigenvalue weighted by Crippen LogP contribution is -2.30. The Labute approximate surface area is 118 Å². The lowest BCUT2D eigenvalue weighted by Gasteiger charge is -2.21. The van der Waals surface area contributed by atoms with Crippen molar-refractivity contribution in [1.29, 1.82) is 0 Å². The average Bonchev–Trinajstić information content (AvgIpc) is 2.98. The van der Waals surface area contributed by atoms with E-state index in [2.05, 4.69) is 0 Å². The van der Waals surface area contributed by atoms with Gasteiger partial charge in [0.15, 0.2) is 0 Å². The van der Waals surface area contributed by atoms with Crippen molar-refractivity contribution in [3.05, 3.63) is 29.8 Å². The molecule has 1 aliphatic heterocycles. The Balaban J connectivity index is 2.13. The number of carbonyl (C=O) groups is 2. The van der Waals surface area contributed by atoms with E-state index in [0.29, 0.717) is 17.7 Å². The number of ether oxygens (including phenoxy) is 2. The van der Waals surface area contributed by atoms with Gasteiger partial charge >= 0.3 is 5.97 Å². The van der Waals surface area contributed by atoms with Crippen LogP contribution in [0.5, 0.6) is 0 Å². The van der Waals surface area contributed by atoms with Gasteiger partial charge in [0.2, 0.25) is 5.91 Å². The van der Waals surface area contributed by atoms with Gasteiger partial charge in [0.1, 0.15) is 0 Å². The molecule has 1 heterocycles. The van der Waals surface area contributed by atoms with Crippen LogP contribution < -0.4 is 4.90 Å². The maximum absolute atomic E-state index is 12.3. The summed E-state index contributed by atoms with van der Waals surface area (Å²) in [5.41, 5.74) is 0.945. The van der Waals surface area contributed by atoms with E-state index < -0.39 is 5.97 Å². The number of anilines is 1. The lowest BCUT2D eigenvalue weighted by molar-refractivity contribution is -0.120. The Morgan fingerprint density at radius 3 is 2.80 bits per heavy atom. The van der Waals surface area contributed by atoms with E-state index in [0.717, 1.165) is 19.4 Å². The Morgan fingerprint density at radius 1 is 1.40 bits per heavy atom. The molecule has 1 aromatic rings. The molecule has 1 fully saturated rings. The zero-order chi connectivity index (χ0) is 14.5. The number of hydrogen-bond acceptors (Lipinski definition) is 4. The van der Waals surface area contributed by atoms with Gasteiger partial charge in [0.05, 0.1) is 30.9 Å². The number of amides is 1. The maximum Gasteiger partial charge on any atom is 0.339 e. The fourth-order valence-corrected chi connectivity index (χ4v) is 2.32. The molecule has 0 N–H and O–H groups in total. The molecule has 0 radical (unpaired) electrons. The molecule has 0 aliphatic carbocycles. The molecule has 0 saturated carbocycles. The molecule has 1 atom stereocenters. The highest BCUT2D eigenvalue weighted by molar-refractivity contribution is 6.02. The zero-order valence-electron chi connectivity index (χ0n) is 11.8. The predicted octanol–water partition coefficient (Wildman–Crippen LogP) is 2.01. The number of benzene rings is 1. The molecule has 0 aromatic heterocycles. The first-order chi connectivity index (χ1) is 9.63. The minimum absolute atomic E-state index is 0.00441. The Hall–Kier alpha value is -1.88. The maximum atomic E-state index is 12.3. The molecule has 1 aliphatic rings. The third-order valence-electron chi connectivity index (χ3n) is 3.47. The van der Waals surface area contributed by atoms with Crippen LogP contribution in [0.4, 0.5) is 5.69 Å². The van der Waals surface area contributed by atoms with E-state index in [1.807, 2.05) is 0 Å². The van der Waals surface area contributed by atoms with Crippen molar-refractivity contribution in [2.75, 3.05) is 25.7 Å². The summed E-state index contributed by atoms with van der Waals surface area (Å²) >= 11 is 0. The number of nitrogens with zero attached hydrogens (tertiary/aromatic N) is 1. The van der Waals surface area contributed by atoms with Crippen LogP contribution in [0.15, 0.2) is 24.3 Å². The number of methoxy groups -OCH3 is 1. The summed E-state index contributed by atoms with van der Waals surface area (Å²) in [4.78, 5) is 25.5. The van der Waals surface area contributed by atoms with Gasteiger partial charge < -0.3 is 14.4 Å². The van der Waals surface area contributed by atoms with Crippen LogP contribution in [-0.2, 0) is 14.3 Å². The minimum Gasteiger partial charge on any atom is -0.465 e. The molecule has 5 heteroatoms. The van der Waals surface area contributed by atoms with E-state index >= 15 is 0 Å². The van der Waals surface area contributed by atoms with Gasteiger partial charge in [-0.15, -0.1) is 0 Å². The Bertz CT molecular complexity index is 494. The molecular weight excluding hydrogens is 258 g/mol. The molecule has 1 amide bonds. The molecule has 1 saturated heterocycles. The highest BCUT2D eigenvalue weighted by Gasteiger charge is 2.24. The summed E-state index contributed by atoms with van der Waals surface area (Å²) in [6, 6.07) is 6.92. The van der Waals surface area contributed by atoms with Gasteiger partial charge in [-0.2, -0.15) is 0 Å². The summed E-state index contributed by atoms with van der Waals surface area (Å²) in [6.45, 7) is 0.723. The summed E-state index contributed by atoms with van der Waals surface area (Å²) in [6.07, 6.45) is 2.25. The number of rotatable bonds is 4. The topological polar surface area (TPSA) is 55.8 Å². The van der Waals surface area contributed by atoms with E-state index in [4.69, 9.17) is 9.47 Å². The van der Waals surface area contributed by atoms with Crippen LogP contribution in [-0.4, -0.2) is 38.7 Å². The summed E-state index contributed by atoms with van der Waals surface area (Å²) in [5, 5.41) is 0. The van der Waals surface area contributed by atoms with Gasteiger partial charge in [-0.05, 0) is 25.0 Å². The fraction of sp³-hybridized carbons (Fsp3) is 0.467. The lowest BCUT2D eigenvalue weighted by atomic mass is 10.1. The second kappa shape index (κ2) is 6.52. The van der Waals surface area contributed by atoms with Crippen LogP contribution in [0, 0.1) is 0 Å². The van der Waals surface area contributed by atoms with E-state index in [9.17, 15) is 9.59 Å². The number of hydrogen-bond donors (Lipinski definition) is 0. The van der Waals surface area contributed by atoms with Crippen LogP contribution in [0.3, 0.4) is 0 Å². The normalized spacial score (nSPS) is 17.8. The molecule has 1 unspecified atom stereocenters. The summed E-state index contributed by atoms with van der Waals surface area (Å²) < 4.78 is 10.2. The average molecular weight is 277 g/mol. The highest BCUT2D eigenvalue weighted by Crippen LogP contribution is 2.23. The molecule has 1 aromatic carbocycles. The SMILES string of the molecule is COC(=O)c1ccccc1N(C)C(=O)CC1CCCO1. The second-order valence-electron chi connectivity index (χ2n) is 4.80. The van der Waals surface area contributed by atoms with Crippen LogP contribution >= 0.6 is 0 Å². The molecule has 0 spiro atoms. The largest absolute Gasteiger partial charge is 0.465 e. The zero-order valence-corrected chi connectivity index (χ0v) is 11.8. The van der Waals surface area contributed by atoms with Gasteiger partial charge in [0, 0.05) is 13.7 Å². The predicted molar refractivity (Wildman–Crippen MR) is 74.8 cm³/mol. The van der Waals surface area contributed by atoms with Crippen molar-refractivity contribution in [2.45, 2.75) is 25.4 Å². The number of para-hydroxylation sites is 1. The van der Waals surface area contributed by atoms with Gasteiger partial charge in [0.25, 0.3) is 0 Å². The molecule has 5 nitrogen and oxygen atoms in total. The first-order valence-corrected chi connectivity index (χ1v) is 6.69. The van der Waals surface area contributed by atoms with Gasteiger partial charge in [-0.3, -0.25) is 4.79 Å². The second-order valence-corrected chi connectivity index (χ2v) is 4.80. The summed E-state index contributed by atoms with van der Waals surface area (Å²) in [5.74, 6) is -0.509. The van der Waals surface area contributed by atoms with Crippen LogP contribution in [0.1, 0.15) is 29.6 Å². The van der Waals surface area contributed by atoms with Crippen molar-refractivity contribution < 1.29 is 19.1 Å². The van der Waals surface area contributed by atoms with Crippen molar-refractivity contribution in [1.82, 2.24) is 0 Å². The minimum atomic E-state index is -0.447. The molecule has 2 rings (SSSR count). The van der Waals surface area contributed by atoms with Crippen molar-refractivity contribution in [2.24, 2.45) is 0 Å². The number of carbonyl (C=O) groups excluding carboxylic acids is 2. The monoisotopic (exact) mass is 277 g/mol. The van der Waals surface area contributed by atoms with Gasteiger partial charge in [-0.25, -0.2) is 4.79 Å². The highest BCUT2D eigenvalue weighted by atomic mass is 16.5. The number of esters is 1. The van der Waals surface area contributed by atoms with E-state index in [1.54, 1.807) is 31.3 Å². The first kappa shape index (κ1) is 14.5. The quantitative estimate of drug-likeness (QED) is 0.790. The first-order valence-electron chi connectivity index (χ1n) is 6.69. The standard InChI is InChI=1S/C15H19NO4/c1-16(14(17)10-11-6-5-9-20-11)13-8-4-3-7-12(13)15(18)19-2/h3-4,7-8,11H,5-6,9-10H2,1-2H3. The fourth-order valence-electron chi connectivity index (χ4n) is 2.32. The van der Waals surface area contributed by atoms with Crippen LogP contribution in [0.2, 0.25) is 0 Å². The van der Waals surface area contributed by atoms with Crippen molar-refractivity contribution >= 4 is 17.6 Å². The molecule has 0 bridgehead atoms. The summed E-state index contributed by atoms with van der Waals surface area (Å²) in [7, 11) is 2.99. The molecular formula is C15H19NO4. The van der Waals surface area contributed by atoms with Crippen LogP contribution in [0.25, 0.3) is 0 Å². The van der Waals surface area contributed by atoms with E-state index in [1.165, 1.54) is 12.0 Å². The molecule has 108 valence electrons. The Morgan fingerprint density at radius 2 is 2.15 bits per heavy atom. The third kappa shape index (κ3) is 3.17. The van der Waals surface area contributed by atoms with Crippen molar-refractivity contribution in [3.63, 3.8) is 0 Å².